The number of halogens is 2. The maximum Gasteiger partial charge on any atom is 0.0393 e. The summed E-state index contributed by atoms with van der Waals surface area (Å²) in [6, 6.07) is 8.14. The van der Waals surface area contributed by atoms with Gasteiger partial charge in [-0.2, -0.15) is 0 Å². The average Bonchev–Trinajstić information content (AvgIpc) is 2.05. The summed E-state index contributed by atoms with van der Waals surface area (Å²) in [6.45, 7) is 0. The number of hydrogen-bond donors (Lipinski definition) is 1. The summed E-state index contributed by atoms with van der Waals surface area (Å²) in [7, 11) is 0. The van der Waals surface area contributed by atoms with E-state index in [1.54, 1.807) is 0 Å². The van der Waals surface area contributed by atoms with Crippen molar-refractivity contribution in [2.45, 2.75) is 6.04 Å². The Labute approximate surface area is 83.2 Å². The fraction of sp³-hybridized carbons (Fsp3) is 0.250. The SMILES string of the molecule is N[C@H](CBr)c1ccc(Br)cc1. The zero-order valence-electron chi connectivity index (χ0n) is 5.93. The Bertz CT molecular complexity index is 220. The lowest BCUT2D eigenvalue weighted by Crippen LogP contribution is -2.10. The number of benzene rings is 1. The number of alkyl halides is 1. The van der Waals surface area contributed by atoms with Crippen molar-refractivity contribution < 1.29 is 0 Å². The first kappa shape index (κ1) is 9.23. The van der Waals surface area contributed by atoms with Gasteiger partial charge >= 0.3 is 0 Å². The molecule has 0 fully saturated rings. The maximum atomic E-state index is 5.78. The second-order valence-corrected chi connectivity index (χ2v) is 3.88. The summed E-state index contributed by atoms with van der Waals surface area (Å²) in [5.74, 6) is 0. The Kier molecular flexibility index (Phi) is 3.55. The fourth-order valence-electron chi connectivity index (χ4n) is 0.799. The highest BCUT2D eigenvalue weighted by Gasteiger charge is 2.01. The van der Waals surface area contributed by atoms with Crippen molar-refractivity contribution in [1.29, 1.82) is 0 Å². The molecule has 1 aromatic rings. The molecule has 0 saturated heterocycles. The molecule has 0 aliphatic carbocycles. The zero-order chi connectivity index (χ0) is 8.27. The van der Waals surface area contributed by atoms with Crippen LogP contribution in [0.3, 0.4) is 0 Å². The molecule has 11 heavy (non-hydrogen) atoms. The molecule has 1 atom stereocenters. The van der Waals surface area contributed by atoms with E-state index in [0.717, 1.165) is 15.4 Å². The molecule has 0 saturated carbocycles. The van der Waals surface area contributed by atoms with Gasteiger partial charge in [-0.3, -0.25) is 0 Å². The summed E-state index contributed by atoms with van der Waals surface area (Å²) in [5, 5.41) is 0.800. The Morgan fingerprint density at radius 3 is 2.27 bits per heavy atom. The van der Waals surface area contributed by atoms with E-state index < -0.39 is 0 Å². The molecule has 0 aliphatic rings. The molecule has 0 amide bonds. The third-order valence-corrected chi connectivity index (χ3v) is 2.69. The Morgan fingerprint density at radius 2 is 1.82 bits per heavy atom. The molecule has 0 aromatic heterocycles. The number of hydrogen-bond acceptors (Lipinski definition) is 1. The van der Waals surface area contributed by atoms with Crippen LogP contribution in [0.4, 0.5) is 0 Å². The van der Waals surface area contributed by atoms with Crippen molar-refractivity contribution in [3.05, 3.63) is 34.3 Å². The van der Waals surface area contributed by atoms with Gasteiger partial charge in [0.1, 0.15) is 0 Å². The van der Waals surface area contributed by atoms with Crippen LogP contribution in [0, 0.1) is 0 Å². The summed E-state index contributed by atoms with van der Waals surface area (Å²) < 4.78 is 1.09. The van der Waals surface area contributed by atoms with Crippen molar-refractivity contribution in [3.63, 3.8) is 0 Å². The van der Waals surface area contributed by atoms with Crippen molar-refractivity contribution in [2.75, 3.05) is 5.33 Å². The van der Waals surface area contributed by atoms with Crippen LogP contribution in [0.5, 0.6) is 0 Å². The van der Waals surface area contributed by atoms with Crippen LogP contribution in [0.15, 0.2) is 28.7 Å². The van der Waals surface area contributed by atoms with Crippen LogP contribution < -0.4 is 5.73 Å². The van der Waals surface area contributed by atoms with E-state index in [1.807, 2.05) is 24.3 Å². The third kappa shape index (κ3) is 2.58. The van der Waals surface area contributed by atoms with Crippen LogP contribution >= 0.6 is 31.9 Å². The summed E-state index contributed by atoms with van der Waals surface area (Å²) in [4.78, 5) is 0. The summed E-state index contributed by atoms with van der Waals surface area (Å²) >= 11 is 6.70. The standard InChI is InChI=1S/C8H9Br2N/c9-5-8(11)6-1-3-7(10)4-2-6/h1-4,8H,5,11H2/t8-/m1/s1. The lowest BCUT2D eigenvalue weighted by Gasteiger charge is -2.06. The second kappa shape index (κ2) is 4.24. The van der Waals surface area contributed by atoms with Crippen molar-refractivity contribution in [2.24, 2.45) is 5.73 Å². The summed E-state index contributed by atoms with van der Waals surface area (Å²) in [6.07, 6.45) is 0. The lowest BCUT2D eigenvalue weighted by atomic mass is 10.1. The smallest absolute Gasteiger partial charge is 0.0393 e. The molecule has 3 heteroatoms. The van der Waals surface area contributed by atoms with Gasteiger partial charge in [-0.05, 0) is 17.7 Å². The number of rotatable bonds is 2. The quantitative estimate of drug-likeness (QED) is 0.828. The largest absolute Gasteiger partial charge is 0.323 e. The maximum absolute atomic E-state index is 5.78. The minimum Gasteiger partial charge on any atom is -0.323 e. The van der Waals surface area contributed by atoms with Gasteiger partial charge in [0.2, 0.25) is 0 Å². The van der Waals surface area contributed by atoms with Crippen molar-refractivity contribution >= 4 is 31.9 Å². The van der Waals surface area contributed by atoms with E-state index >= 15 is 0 Å². The topological polar surface area (TPSA) is 26.0 Å². The minimum atomic E-state index is 0.100. The Hall–Kier alpha value is 0.140. The van der Waals surface area contributed by atoms with E-state index in [0.29, 0.717) is 0 Å². The molecule has 60 valence electrons. The molecule has 2 N–H and O–H groups in total. The van der Waals surface area contributed by atoms with E-state index in [-0.39, 0.29) is 6.04 Å². The van der Waals surface area contributed by atoms with Gasteiger partial charge in [-0.15, -0.1) is 0 Å². The molecular formula is C8H9Br2N. The highest BCUT2D eigenvalue weighted by atomic mass is 79.9. The monoisotopic (exact) mass is 277 g/mol. The molecule has 1 aromatic carbocycles. The van der Waals surface area contributed by atoms with Gasteiger partial charge in [-0.1, -0.05) is 44.0 Å². The van der Waals surface area contributed by atoms with Crippen LogP contribution in [0.2, 0.25) is 0 Å². The van der Waals surface area contributed by atoms with Gasteiger partial charge in [0.15, 0.2) is 0 Å². The fourth-order valence-corrected chi connectivity index (χ4v) is 1.44. The zero-order valence-corrected chi connectivity index (χ0v) is 9.10. The first-order chi connectivity index (χ1) is 5.24. The van der Waals surface area contributed by atoms with Gasteiger partial charge in [0.25, 0.3) is 0 Å². The molecule has 0 aliphatic heterocycles. The Morgan fingerprint density at radius 1 is 1.27 bits per heavy atom. The van der Waals surface area contributed by atoms with Gasteiger partial charge in [0, 0.05) is 15.8 Å². The first-order valence-electron chi connectivity index (χ1n) is 3.31. The van der Waals surface area contributed by atoms with Crippen molar-refractivity contribution in [3.8, 4) is 0 Å². The summed E-state index contributed by atoms with van der Waals surface area (Å²) in [5.41, 5.74) is 6.94. The van der Waals surface area contributed by atoms with E-state index in [9.17, 15) is 0 Å². The van der Waals surface area contributed by atoms with E-state index in [1.165, 1.54) is 0 Å². The highest BCUT2D eigenvalue weighted by molar-refractivity contribution is 9.10. The first-order valence-corrected chi connectivity index (χ1v) is 5.22. The molecule has 0 heterocycles. The van der Waals surface area contributed by atoms with Crippen molar-refractivity contribution in [1.82, 2.24) is 0 Å². The molecule has 0 bridgehead atoms. The third-order valence-electron chi connectivity index (χ3n) is 1.46. The molecule has 1 rings (SSSR count). The minimum absolute atomic E-state index is 0.100. The molecule has 1 nitrogen and oxygen atoms in total. The second-order valence-electron chi connectivity index (χ2n) is 2.31. The van der Waals surface area contributed by atoms with Crippen LogP contribution in [0.1, 0.15) is 11.6 Å². The Balaban J connectivity index is 2.81. The lowest BCUT2D eigenvalue weighted by molar-refractivity contribution is 0.837. The average molecular weight is 279 g/mol. The predicted octanol–water partition coefficient (Wildman–Crippen LogP) is 2.84. The van der Waals surface area contributed by atoms with Gasteiger partial charge < -0.3 is 5.73 Å². The number of nitrogens with two attached hydrogens (primary N) is 1. The normalized spacial score (nSPS) is 13.0. The van der Waals surface area contributed by atoms with Crippen LogP contribution in [-0.2, 0) is 0 Å². The molecular weight excluding hydrogens is 270 g/mol. The van der Waals surface area contributed by atoms with Gasteiger partial charge in [-0.25, -0.2) is 0 Å². The van der Waals surface area contributed by atoms with E-state index in [4.69, 9.17) is 5.73 Å². The molecule has 0 spiro atoms. The van der Waals surface area contributed by atoms with Crippen LogP contribution in [-0.4, -0.2) is 5.33 Å². The van der Waals surface area contributed by atoms with E-state index in [2.05, 4.69) is 31.9 Å². The highest BCUT2D eigenvalue weighted by Crippen LogP contribution is 2.16. The molecule has 0 unspecified atom stereocenters. The van der Waals surface area contributed by atoms with Gasteiger partial charge in [0.05, 0.1) is 0 Å². The predicted molar refractivity (Wildman–Crippen MR) is 54.9 cm³/mol. The molecule has 0 radical (unpaired) electrons. The van der Waals surface area contributed by atoms with Crippen LogP contribution in [0.25, 0.3) is 0 Å².